The lowest BCUT2D eigenvalue weighted by atomic mass is 9.77. The van der Waals surface area contributed by atoms with Gasteiger partial charge in [0.2, 0.25) is 11.8 Å². The van der Waals surface area contributed by atoms with Gasteiger partial charge in [0.1, 0.15) is 6.04 Å². The Morgan fingerprint density at radius 2 is 1.62 bits per heavy atom. The molecule has 21 heavy (non-hydrogen) atoms. The molecule has 1 heterocycles. The maximum absolute atomic E-state index is 12.6. The molecule has 1 aliphatic heterocycles. The molecular weight excluding hydrogens is 272 g/mol. The summed E-state index contributed by atoms with van der Waals surface area (Å²) in [6.45, 7) is 3.02. The number of likely N-dealkylation sites (tertiary alicyclic amines) is 1. The van der Waals surface area contributed by atoms with Crippen LogP contribution in [-0.4, -0.2) is 46.9 Å². The van der Waals surface area contributed by atoms with Crippen molar-refractivity contribution in [3.05, 3.63) is 0 Å². The molecule has 2 fully saturated rings. The molecule has 0 spiro atoms. The predicted octanol–water partition coefficient (Wildman–Crippen LogP) is 1.00. The second kappa shape index (κ2) is 6.91. The molecule has 0 radical (unpaired) electrons. The van der Waals surface area contributed by atoms with Crippen molar-refractivity contribution in [1.29, 1.82) is 0 Å². The lowest BCUT2D eigenvalue weighted by Crippen LogP contribution is -2.48. The van der Waals surface area contributed by atoms with Gasteiger partial charge in [-0.15, -0.1) is 0 Å². The van der Waals surface area contributed by atoms with Gasteiger partial charge >= 0.3 is 5.97 Å². The average Bonchev–Trinajstić information content (AvgIpc) is 3.00. The van der Waals surface area contributed by atoms with E-state index in [0.717, 1.165) is 45.2 Å². The van der Waals surface area contributed by atoms with E-state index in [1.165, 1.54) is 6.92 Å². The number of carboxylic acids is 1. The Labute approximate surface area is 124 Å². The van der Waals surface area contributed by atoms with Crippen LogP contribution in [0.3, 0.4) is 0 Å². The summed E-state index contributed by atoms with van der Waals surface area (Å²) >= 11 is 0. The van der Waals surface area contributed by atoms with Gasteiger partial charge in [0, 0.05) is 24.9 Å². The Bertz CT molecular complexity index is 418. The van der Waals surface area contributed by atoms with Crippen LogP contribution in [0.1, 0.15) is 45.4 Å². The molecule has 0 bridgehead atoms. The van der Waals surface area contributed by atoms with Gasteiger partial charge in [0.05, 0.1) is 0 Å². The third kappa shape index (κ3) is 3.74. The lowest BCUT2D eigenvalue weighted by molar-refractivity contribution is -0.145. The average molecular weight is 296 g/mol. The number of carboxylic acid groups (broad SMARTS) is 1. The van der Waals surface area contributed by atoms with E-state index >= 15 is 0 Å². The molecular formula is C15H24N2O4. The SMILES string of the molecule is C[C@@H](NC(=O)C1CCCCC1C(=O)N1CCCC1)C(=O)O. The van der Waals surface area contributed by atoms with Crippen molar-refractivity contribution in [2.45, 2.75) is 51.5 Å². The number of carbonyl (C=O) groups is 3. The van der Waals surface area contributed by atoms with Gasteiger partial charge in [0.15, 0.2) is 0 Å². The number of aliphatic carboxylic acids is 1. The van der Waals surface area contributed by atoms with E-state index in [2.05, 4.69) is 5.32 Å². The van der Waals surface area contributed by atoms with Gasteiger partial charge < -0.3 is 15.3 Å². The molecule has 0 aromatic rings. The summed E-state index contributed by atoms with van der Waals surface area (Å²) in [4.78, 5) is 37.6. The standard InChI is InChI=1S/C15H24N2O4/c1-10(15(20)21)16-13(18)11-6-2-3-7-12(11)14(19)17-8-4-5-9-17/h10-12H,2-9H2,1H3,(H,16,18)(H,20,21)/t10-,11?,12?/m1/s1. The van der Waals surface area contributed by atoms with Crippen LogP contribution in [0, 0.1) is 11.8 Å². The fraction of sp³-hybridized carbons (Fsp3) is 0.800. The van der Waals surface area contributed by atoms with Gasteiger partial charge in [-0.3, -0.25) is 14.4 Å². The number of nitrogens with one attached hydrogen (secondary N) is 1. The summed E-state index contributed by atoms with van der Waals surface area (Å²) in [5.74, 6) is -1.93. The van der Waals surface area contributed by atoms with Crippen LogP contribution in [-0.2, 0) is 14.4 Å². The number of hydrogen-bond donors (Lipinski definition) is 2. The Morgan fingerprint density at radius 3 is 2.19 bits per heavy atom. The van der Waals surface area contributed by atoms with Crippen LogP contribution in [0.5, 0.6) is 0 Å². The van der Waals surface area contributed by atoms with Crippen LogP contribution in [0.15, 0.2) is 0 Å². The van der Waals surface area contributed by atoms with Crippen LogP contribution < -0.4 is 5.32 Å². The maximum Gasteiger partial charge on any atom is 0.325 e. The number of carbonyl (C=O) groups excluding carboxylic acids is 2. The maximum atomic E-state index is 12.6. The Kier molecular flexibility index (Phi) is 5.20. The van der Waals surface area contributed by atoms with Gasteiger partial charge in [-0.25, -0.2) is 0 Å². The molecule has 0 aromatic carbocycles. The Balaban J connectivity index is 2.02. The monoisotopic (exact) mass is 296 g/mol. The second-order valence-corrected chi connectivity index (χ2v) is 6.10. The zero-order valence-corrected chi connectivity index (χ0v) is 12.5. The van der Waals surface area contributed by atoms with Gasteiger partial charge in [0.25, 0.3) is 0 Å². The minimum absolute atomic E-state index is 0.0790. The summed E-state index contributed by atoms with van der Waals surface area (Å²) in [5.41, 5.74) is 0. The van der Waals surface area contributed by atoms with Crippen LogP contribution in [0.25, 0.3) is 0 Å². The molecule has 0 aromatic heterocycles. The van der Waals surface area contributed by atoms with Crippen molar-refractivity contribution in [3.8, 4) is 0 Å². The van der Waals surface area contributed by atoms with Crippen molar-refractivity contribution in [1.82, 2.24) is 10.2 Å². The quantitative estimate of drug-likeness (QED) is 0.810. The van der Waals surface area contributed by atoms with Crippen molar-refractivity contribution in [2.75, 3.05) is 13.1 Å². The zero-order chi connectivity index (χ0) is 15.4. The first kappa shape index (κ1) is 15.8. The van der Waals surface area contributed by atoms with E-state index in [0.29, 0.717) is 6.42 Å². The first-order chi connectivity index (χ1) is 10.0. The van der Waals surface area contributed by atoms with Crippen LogP contribution >= 0.6 is 0 Å². The Hall–Kier alpha value is -1.59. The summed E-state index contributed by atoms with van der Waals surface area (Å²) in [7, 11) is 0. The highest BCUT2D eigenvalue weighted by Crippen LogP contribution is 2.32. The molecule has 1 saturated heterocycles. The van der Waals surface area contributed by atoms with E-state index in [1.807, 2.05) is 4.90 Å². The van der Waals surface area contributed by atoms with E-state index < -0.39 is 12.0 Å². The second-order valence-electron chi connectivity index (χ2n) is 6.10. The lowest BCUT2D eigenvalue weighted by Gasteiger charge is -2.32. The highest BCUT2D eigenvalue weighted by Gasteiger charge is 2.38. The fourth-order valence-electron chi connectivity index (χ4n) is 3.29. The molecule has 1 aliphatic carbocycles. The minimum atomic E-state index is -1.05. The molecule has 2 N–H and O–H groups in total. The minimum Gasteiger partial charge on any atom is -0.480 e. The molecule has 1 saturated carbocycles. The van der Waals surface area contributed by atoms with Gasteiger partial charge in [-0.2, -0.15) is 0 Å². The smallest absolute Gasteiger partial charge is 0.325 e. The van der Waals surface area contributed by atoms with Crippen molar-refractivity contribution >= 4 is 17.8 Å². The van der Waals surface area contributed by atoms with Gasteiger partial charge in [-0.05, 0) is 32.6 Å². The summed E-state index contributed by atoms with van der Waals surface area (Å²) in [6.07, 6.45) is 5.35. The van der Waals surface area contributed by atoms with E-state index in [4.69, 9.17) is 5.11 Å². The molecule has 6 nitrogen and oxygen atoms in total. The van der Waals surface area contributed by atoms with E-state index in [9.17, 15) is 14.4 Å². The van der Waals surface area contributed by atoms with Crippen molar-refractivity contribution < 1.29 is 19.5 Å². The van der Waals surface area contributed by atoms with Crippen molar-refractivity contribution in [2.24, 2.45) is 11.8 Å². The summed E-state index contributed by atoms with van der Waals surface area (Å²) in [5, 5.41) is 11.4. The van der Waals surface area contributed by atoms with E-state index in [1.54, 1.807) is 0 Å². The highest BCUT2D eigenvalue weighted by molar-refractivity contribution is 5.90. The van der Waals surface area contributed by atoms with E-state index in [-0.39, 0.29) is 23.7 Å². The largest absolute Gasteiger partial charge is 0.480 e. The fourth-order valence-corrected chi connectivity index (χ4v) is 3.29. The number of amides is 2. The van der Waals surface area contributed by atoms with Crippen LogP contribution in [0.2, 0.25) is 0 Å². The Morgan fingerprint density at radius 1 is 1.05 bits per heavy atom. The first-order valence-corrected chi connectivity index (χ1v) is 7.82. The highest BCUT2D eigenvalue weighted by atomic mass is 16.4. The third-order valence-corrected chi connectivity index (χ3v) is 4.57. The van der Waals surface area contributed by atoms with Crippen molar-refractivity contribution in [3.63, 3.8) is 0 Å². The third-order valence-electron chi connectivity index (χ3n) is 4.57. The molecule has 118 valence electrons. The molecule has 2 amide bonds. The molecule has 2 aliphatic rings. The molecule has 2 unspecified atom stereocenters. The predicted molar refractivity (Wildman–Crippen MR) is 76.5 cm³/mol. The molecule has 2 rings (SSSR count). The number of nitrogens with zero attached hydrogens (tertiary/aromatic N) is 1. The van der Waals surface area contributed by atoms with Gasteiger partial charge in [-0.1, -0.05) is 12.8 Å². The zero-order valence-electron chi connectivity index (χ0n) is 12.5. The van der Waals surface area contributed by atoms with Crippen LogP contribution in [0.4, 0.5) is 0 Å². The molecule has 6 heteroatoms. The summed E-state index contributed by atoms with van der Waals surface area (Å²) < 4.78 is 0. The topological polar surface area (TPSA) is 86.7 Å². The summed E-state index contributed by atoms with van der Waals surface area (Å²) in [6, 6.07) is -0.915. The first-order valence-electron chi connectivity index (χ1n) is 7.82. The number of rotatable bonds is 4. The number of hydrogen-bond acceptors (Lipinski definition) is 3. The normalized spacial score (nSPS) is 27.2. The molecule has 3 atom stereocenters.